The molecule has 0 aromatic heterocycles. The Hall–Kier alpha value is -3.40. The van der Waals surface area contributed by atoms with Crippen LogP contribution < -0.4 is 10.1 Å². The Morgan fingerprint density at radius 3 is 2.30 bits per heavy atom. The first-order valence-corrected chi connectivity index (χ1v) is 8.66. The number of hydrogen-bond donors (Lipinski definition) is 1. The summed E-state index contributed by atoms with van der Waals surface area (Å²) in [7, 11) is 0. The Kier molecular flexibility index (Phi) is 6.36. The maximum Gasteiger partial charge on any atom is 0.244 e. The Morgan fingerprint density at radius 1 is 0.889 bits per heavy atom. The van der Waals surface area contributed by atoms with Gasteiger partial charge in [0.05, 0.1) is 0 Å². The van der Waals surface area contributed by atoms with Gasteiger partial charge in [-0.05, 0) is 47.0 Å². The van der Waals surface area contributed by atoms with E-state index in [1.54, 1.807) is 18.2 Å². The van der Waals surface area contributed by atoms with Crippen LogP contribution in [0.3, 0.4) is 0 Å². The third kappa shape index (κ3) is 6.12. The van der Waals surface area contributed by atoms with Crippen molar-refractivity contribution in [2.45, 2.75) is 13.2 Å². The van der Waals surface area contributed by atoms with E-state index in [2.05, 4.69) is 5.32 Å². The molecule has 0 aliphatic rings. The summed E-state index contributed by atoms with van der Waals surface area (Å²) in [5.74, 6) is 0.279. The summed E-state index contributed by atoms with van der Waals surface area (Å²) in [5, 5.41) is 2.77. The normalized spacial score (nSPS) is 10.7. The van der Waals surface area contributed by atoms with Gasteiger partial charge in [0.25, 0.3) is 0 Å². The van der Waals surface area contributed by atoms with Gasteiger partial charge in [-0.25, -0.2) is 4.39 Å². The minimum Gasteiger partial charge on any atom is -0.489 e. The van der Waals surface area contributed by atoms with Crippen molar-refractivity contribution >= 4 is 12.0 Å². The van der Waals surface area contributed by atoms with Crippen LogP contribution in [-0.2, 0) is 17.9 Å². The van der Waals surface area contributed by atoms with E-state index >= 15 is 0 Å². The quantitative estimate of drug-likeness (QED) is 0.618. The van der Waals surface area contributed by atoms with Gasteiger partial charge in [0.2, 0.25) is 5.91 Å². The lowest BCUT2D eigenvalue weighted by atomic mass is 10.2. The van der Waals surface area contributed by atoms with Crippen LogP contribution in [0.5, 0.6) is 5.75 Å². The van der Waals surface area contributed by atoms with E-state index < -0.39 is 0 Å². The molecule has 0 bridgehead atoms. The summed E-state index contributed by atoms with van der Waals surface area (Å²) in [6, 6.07) is 23.5. The van der Waals surface area contributed by atoms with Gasteiger partial charge in [-0.15, -0.1) is 0 Å². The first-order valence-electron chi connectivity index (χ1n) is 8.66. The number of ether oxygens (including phenoxy) is 1. The second-order valence-corrected chi connectivity index (χ2v) is 6.02. The fraction of sp³-hybridized carbons (Fsp3) is 0.0870. The zero-order valence-electron chi connectivity index (χ0n) is 14.8. The van der Waals surface area contributed by atoms with Gasteiger partial charge < -0.3 is 10.1 Å². The predicted octanol–water partition coefficient (Wildman–Crippen LogP) is 4.73. The van der Waals surface area contributed by atoms with Crippen molar-refractivity contribution < 1.29 is 13.9 Å². The zero-order valence-corrected chi connectivity index (χ0v) is 14.8. The van der Waals surface area contributed by atoms with Crippen LogP contribution in [0.25, 0.3) is 6.08 Å². The highest BCUT2D eigenvalue weighted by Gasteiger charge is 1.99. The lowest BCUT2D eigenvalue weighted by Crippen LogP contribution is -2.20. The standard InChI is InChI=1S/C23H20FNO2/c24-21-11-6-19(7-12-21)16-25-23(26)15-10-18-8-13-22(14-9-18)27-17-20-4-2-1-3-5-20/h1-15H,16-17H2,(H,25,26)/b15-10+. The molecule has 0 spiro atoms. The summed E-state index contributed by atoms with van der Waals surface area (Å²) < 4.78 is 18.6. The molecule has 0 atom stereocenters. The van der Waals surface area contributed by atoms with Crippen molar-refractivity contribution in [3.05, 3.63) is 107 Å². The maximum atomic E-state index is 12.8. The molecule has 1 amide bonds. The van der Waals surface area contributed by atoms with E-state index in [-0.39, 0.29) is 11.7 Å². The molecule has 3 nitrogen and oxygen atoms in total. The highest BCUT2D eigenvalue weighted by molar-refractivity contribution is 5.91. The number of carbonyl (C=O) groups is 1. The lowest BCUT2D eigenvalue weighted by Gasteiger charge is -2.06. The molecule has 0 aliphatic heterocycles. The number of amides is 1. The van der Waals surface area contributed by atoms with Crippen LogP contribution in [0.15, 0.2) is 84.9 Å². The molecule has 1 N–H and O–H groups in total. The molecule has 0 heterocycles. The van der Waals surface area contributed by atoms with E-state index in [1.807, 2.05) is 54.6 Å². The molecule has 0 saturated carbocycles. The Morgan fingerprint density at radius 2 is 1.59 bits per heavy atom. The monoisotopic (exact) mass is 361 g/mol. The molecule has 0 saturated heterocycles. The average molecular weight is 361 g/mol. The minimum atomic E-state index is -0.291. The second-order valence-electron chi connectivity index (χ2n) is 6.02. The molecule has 4 heteroatoms. The van der Waals surface area contributed by atoms with Crippen LogP contribution in [0, 0.1) is 5.82 Å². The summed E-state index contributed by atoms with van der Waals surface area (Å²) in [6.07, 6.45) is 3.21. The van der Waals surface area contributed by atoms with Gasteiger partial charge in [0.15, 0.2) is 0 Å². The van der Waals surface area contributed by atoms with Crippen molar-refractivity contribution in [2.24, 2.45) is 0 Å². The first kappa shape index (κ1) is 18.4. The van der Waals surface area contributed by atoms with Crippen LogP contribution in [0.4, 0.5) is 4.39 Å². The number of halogens is 1. The molecule has 0 fully saturated rings. The Bertz CT molecular complexity index is 888. The van der Waals surface area contributed by atoms with E-state index in [9.17, 15) is 9.18 Å². The van der Waals surface area contributed by atoms with Crippen LogP contribution in [0.1, 0.15) is 16.7 Å². The summed E-state index contributed by atoms with van der Waals surface area (Å²) in [5.41, 5.74) is 2.86. The number of nitrogens with one attached hydrogen (secondary N) is 1. The van der Waals surface area contributed by atoms with E-state index in [0.29, 0.717) is 13.2 Å². The highest BCUT2D eigenvalue weighted by Crippen LogP contribution is 2.15. The number of hydrogen-bond acceptors (Lipinski definition) is 2. The smallest absolute Gasteiger partial charge is 0.244 e. The fourth-order valence-electron chi connectivity index (χ4n) is 2.44. The van der Waals surface area contributed by atoms with Gasteiger partial charge in [-0.3, -0.25) is 4.79 Å². The summed E-state index contributed by atoms with van der Waals surface area (Å²) in [6.45, 7) is 0.873. The largest absolute Gasteiger partial charge is 0.489 e. The molecule has 3 aromatic rings. The van der Waals surface area contributed by atoms with Crippen molar-refractivity contribution in [2.75, 3.05) is 0 Å². The molecule has 136 valence electrons. The van der Waals surface area contributed by atoms with Crippen molar-refractivity contribution in [3.8, 4) is 5.75 Å². The molecule has 0 radical (unpaired) electrons. The Balaban J connectivity index is 1.46. The number of rotatable bonds is 7. The van der Waals surface area contributed by atoms with Gasteiger partial charge >= 0.3 is 0 Å². The Labute approximate surface area is 158 Å². The van der Waals surface area contributed by atoms with E-state index in [1.165, 1.54) is 18.2 Å². The third-order valence-electron chi connectivity index (χ3n) is 3.94. The molecule has 0 aliphatic carbocycles. The van der Waals surface area contributed by atoms with Crippen LogP contribution >= 0.6 is 0 Å². The van der Waals surface area contributed by atoms with Gasteiger partial charge in [0, 0.05) is 12.6 Å². The van der Waals surface area contributed by atoms with E-state index in [0.717, 1.165) is 22.4 Å². The number of carbonyl (C=O) groups excluding carboxylic acids is 1. The van der Waals surface area contributed by atoms with Crippen molar-refractivity contribution in [1.82, 2.24) is 5.32 Å². The average Bonchev–Trinajstić information content (AvgIpc) is 2.72. The topological polar surface area (TPSA) is 38.3 Å². The molecule has 3 rings (SSSR count). The lowest BCUT2D eigenvalue weighted by molar-refractivity contribution is -0.116. The van der Waals surface area contributed by atoms with Crippen LogP contribution in [-0.4, -0.2) is 5.91 Å². The summed E-state index contributed by atoms with van der Waals surface area (Å²) >= 11 is 0. The number of benzene rings is 3. The predicted molar refractivity (Wildman–Crippen MR) is 104 cm³/mol. The molecule has 3 aromatic carbocycles. The molecule has 0 unspecified atom stereocenters. The third-order valence-corrected chi connectivity index (χ3v) is 3.94. The maximum absolute atomic E-state index is 12.8. The first-order chi connectivity index (χ1) is 13.2. The fourth-order valence-corrected chi connectivity index (χ4v) is 2.44. The van der Waals surface area contributed by atoms with Crippen molar-refractivity contribution in [1.29, 1.82) is 0 Å². The van der Waals surface area contributed by atoms with E-state index in [4.69, 9.17) is 4.74 Å². The molecule has 27 heavy (non-hydrogen) atoms. The van der Waals surface area contributed by atoms with Gasteiger partial charge in [-0.2, -0.15) is 0 Å². The summed E-state index contributed by atoms with van der Waals surface area (Å²) in [4.78, 5) is 11.9. The van der Waals surface area contributed by atoms with Crippen molar-refractivity contribution in [3.63, 3.8) is 0 Å². The SMILES string of the molecule is O=C(/C=C/c1ccc(OCc2ccccc2)cc1)NCc1ccc(F)cc1. The van der Waals surface area contributed by atoms with Crippen LogP contribution in [0.2, 0.25) is 0 Å². The van der Waals surface area contributed by atoms with Gasteiger partial charge in [0.1, 0.15) is 18.2 Å². The van der Waals surface area contributed by atoms with Gasteiger partial charge in [-0.1, -0.05) is 54.6 Å². The highest BCUT2D eigenvalue weighted by atomic mass is 19.1. The second kappa shape index (κ2) is 9.34. The zero-order chi connectivity index (χ0) is 18.9. The minimum absolute atomic E-state index is 0.205. The molecular weight excluding hydrogens is 341 g/mol. The molecular formula is C23H20FNO2.